The Morgan fingerprint density at radius 1 is 1.47 bits per heavy atom. The van der Waals surface area contributed by atoms with E-state index in [1.54, 1.807) is 29.4 Å². The lowest BCUT2D eigenvalue weighted by atomic mass is 10.4. The van der Waals surface area contributed by atoms with E-state index in [9.17, 15) is 4.79 Å². The highest BCUT2D eigenvalue weighted by atomic mass is 79.9. The van der Waals surface area contributed by atoms with Crippen molar-refractivity contribution >= 4 is 21.9 Å². The minimum Gasteiger partial charge on any atom is -0.477 e. The van der Waals surface area contributed by atoms with Crippen LogP contribution >= 0.6 is 15.9 Å². The number of hydrogen-bond acceptors (Lipinski definition) is 2. The second-order valence-electron chi connectivity index (χ2n) is 3.70. The molecule has 0 amide bonds. The van der Waals surface area contributed by atoms with Gasteiger partial charge in [0, 0.05) is 36.2 Å². The highest BCUT2D eigenvalue weighted by Crippen LogP contribution is 2.15. The first-order valence-corrected chi connectivity index (χ1v) is 6.01. The number of aromatic nitrogens is 3. The van der Waals surface area contributed by atoms with Crippen LogP contribution in [0.2, 0.25) is 0 Å². The summed E-state index contributed by atoms with van der Waals surface area (Å²) in [5.74, 6) is -0.904. The molecule has 0 radical (unpaired) electrons. The van der Waals surface area contributed by atoms with Gasteiger partial charge in [-0.25, -0.2) is 9.78 Å². The third kappa shape index (κ3) is 2.97. The van der Waals surface area contributed by atoms with E-state index in [1.807, 2.05) is 10.8 Å². The average molecular weight is 298 g/mol. The summed E-state index contributed by atoms with van der Waals surface area (Å²) in [6.45, 7) is 1.50. The molecule has 0 atom stereocenters. The summed E-state index contributed by atoms with van der Waals surface area (Å²) < 4.78 is 4.50. The summed E-state index contributed by atoms with van der Waals surface area (Å²) in [4.78, 5) is 14.9. The zero-order valence-electron chi connectivity index (χ0n) is 9.08. The van der Waals surface area contributed by atoms with E-state index < -0.39 is 5.97 Å². The molecule has 0 aliphatic carbocycles. The molecule has 0 saturated heterocycles. The van der Waals surface area contributed by atoms with Crippen LogP contribution in [0, 0.1) is 0 Å². The van der Waals surface area contributed by atoms with Gasteiger partial charge in [0.25, 0.3) is 0 Å². The number of hydrogen-bond donors (Lipinski definition) is 1. The molecule has 0 aliphatic heterocycles. The standard InChI is InChI=1S/C11H12BrN3O2/c12-9-6-10(11(16)17)15(7-9)4-1-3-14-5-2-13-8-14/h2,5-8H,1,3-4H2,(H,16,17). The van der Waals surface area contributed by atoms with E-state index in [2.05, 4.69) is 20.9 Å². The van der Waals surface area contributed by atoms with Gasteiger partial charge < -0.3 is 14.2 Å². The third-order valence-electron chi connectivity index (χ3n) is 2.46. The van der Waals surface area contributed by atoms with Gasteiger partial charge in [-0.15, -0.1) is 0 Å². The van der Waals surface area contributed by atoms with Crippen molar-refractivity contribution in [2.75, 3.05) is 0 Å². The lowest BCUT2D eigenvalue weighted by Crippen LogP contribution is -2.09. The first-order valence-electron chi connectivity index (χ1n) is 5.21. The summed E-state index contributed by atoms with van der Waals surface area (Å²) in [6.07, 6.45) is 8.03. The van der Waals surface area contributed by atoms with E-state index in [1.165, 1.54) is 0 Å². The van der Waals surface area contributed by atoms with Gasteiger partial charge in [0.1, 0.15) is 5.69 Å². The zero-order valence-corrected chi connectivity index (χ0v) is 10.7. The van der Waals surface area contributed by atoms with Crippen molar-refractivity contribution in [3.63, 3.8) is 0 Å². The van der Waals surface area contributed by atoms with Crippen molar-refractivity contribution < 1.29 is 9.90 Å². The average Bonchev–Trinajstić information content (AvgIpc) is 2.88. The molecule has 0 aliphatic rings. The maximum Gasteiger partial charge on any atom is 0.352 e. The number of carboxylic acid groups (broad SMARTS) is 1. The first kappa shape index (κ1) is 11.9. The Balaban J connectivity index is 1.96. The number of carboxylic acids is 1. The van der Waals surface area contributed by atoms with Crippen molar-refractivity contribution in [3.05, 3.63) is 41.2 Å². The van der Waals surface area contributed by atoms with Crippen LogP contribution in [0.15, 0.2) is 35.5 Å². The molecule has 0 fully saturated rings. The van der Waals surface area contributed by atoms with Crippen molar-refractivity contribution in [2.45, 2.75) is 19.5 Å². The Labute approximate surface area is 107 Å². The molecule has 90 valence electrons. The van der Waals surface area contributed by atoms with Crippen LogP contribution in [0.25, 0.3) is 0 Å². The molecule has 6 heteroatoms. The fourth-order valence-corrected chi connectivity index (χ4v) is 2.15. The summed E-state index contributed by atoms with van der Waals surface area (Å²) in [5, 5.41) is 9.01. The van der Waals surface area contributed by atoms with Gasteiger partial charge in [-0.2, -0.15) is 0 Å². The molecule has 2 heterocycles. The van der Waals surface area contributed by atoms with Crippen molar-refractivity contribution in [1.29, 1.82) is 0 Å². The Bertz CT molecular complexity index is 505. The topological polar surface area (TPSA) is 60.0 Å². The molecule has 0 spiro atoms. The molecule has 0 bridgehead atoms. The van der Waals surface area contributed by atoms with Gasteiger partial charge >= 0.3 is 5.97 Å². The van der Waals surface area contributed by atoms with Crippen LogP contribution in [0.3, 0.4) is 0 Å². The lowest BCUT2D eigenvalue weighted by molar-refractivity contribution is 0.0685. The highest BCUT2D eigenvalue weighted by Gasteiger charge is 2.10. The molecule has 1 N–H and O–H groups in total. The Hall–Kier alpha value is -1.56. The Morgan fingerprint density at radius 2 is 2.29 bits per heavy atom. The molecule has 5 nitrogen and oxygen atoms in total. The monoisotopic (exact) mass is 297 g/mol. The number of halogens is 1. The van der Waals surface area contributed by atoms with E-state index in [-0.39, 0.29) is 0 Å². The summed E-state index contributed by atoms with van der Waals surface area (Å²) >= 11 is 3.28. The molecule has 17 heavy (non-hydrogen) atoms. The van der Waals surface area contributed by atoms with E-state index >= 15 is 0 Å². The van der Waals surface area contributed by atoms with Crippen LogP contribution in [0.1, 0.15) is 16.9 Å². The van der Waals surface area contributed by atoms with E-state index in [0.717, 1.165) is 17.4 Å². The fourth-order valence-electron chi connectivity index (χ4n) is 1.68. The van der Waals surface area contributed by atoms with Gasteiger partial charge in [0.15, 0.2) is 0 Å². The predicted octanol–water partition coefficient (Wildman–Crippen LogP) is 2.24. The van der Waals surface area contributed by atoms with Gasteiger partial charge in [0.05, 0.1) is 6.33 Å². The minimum atomic E-state index is -0.904. The first-order chi connectivity index (χ1) is 8.16. The SMILES string of the molecule is O=C(O)c1cc(Br)cn1CCCn1ccnc1. The van der Waals surface area contributed by atoms with Crippen molar-refractivity contribution in [2.24, 2.45) is 0 Å². The zero-order chi connectivity index (χ0) is 12.3. The van der Waals surface area contributed by atoms with Crippen LogP contribution in [0.4, 0.5) is 0 Å². The van der Waals surface area contributed by atoms with E-state index in [4.69, 9.17) is 5.11 Å². The minimum absolute atomic E-state index is 0.308. The molecular weight excluding hydrogens is 286 g/mol. The molecule has 0 saturated carbocycles. The molecule has 0 unspecified atom stereocenters. The second kappa shape index (κ2) is 5.18. The summed E-state index contributed by atoms with van der Waals surface area (Å²) in [5.41, 5.74) is 0.308. The smallest absolute Gasteiger partial charge is 0.352 e. The number of aromatic carboxylic acids is 1. The number of imidazole rings is 1. The summed E-state index contributed by atoms with van der Waals surface area (Å²) in [6, 6.07) is 1.61. The normalized spacial score (nSPS) is 10.6. The third-order valence-corrected chi connectivity index (χ3v) is 2.89. The highest BCUT2D eigenvalue weighted by molar-refractivity contribution is 9.10. The summed E-state index contributed by atoms with van der Waals surface area (Å²) in [7, 11) is 0. The molecule has 2 aromatic rings. The van der Waals surface area contributed by atoms with Gasteiger partial charge in [-0.3, -0.25) is 0 Å². The number of aryl methyl sites for hydroxylation is 2. The van der Waals surface area contributed by atoms with Crippen LogP contribution in [-0.4, -0.2) is 25.2 Å². The second-order valence-corrected chi connectivity index (χ2v) is 4.61. The van der Waals surface area contributed by atoms with Gasteiger partial charge in [-0.1, -0.05) is 0 Å². The molecular formula is C11H12BrN3O2. The fraction of sp³-hybridized carbons (Fsp3) is 0.273. The largest absolute Gasteiger partial charge is 0.477 e. The van der Waals surface area contributed by atoms with Crippen molar-refractivity contribution in [3.8, 4) is 0 Å². The van der Waals surface area contributed by atoms with Crippen LogP contribution in [-0.2, 0) is 13.1 Å². The molecule has 2 aromatic heterocycles. The van der Waals surface area contributed by atoms with Crippen molar-refractivity contribution in [1.82, 2.24) is 14.1 Å². The maximum atomic E-state index is 11.0. The quantitative estimate of drug-likeness (QED) is 0.921. The predicted molar refractivity (Wildman–Crippen MR) is 65.9 cm³/mol. The maximum absolute atomic E-state index is 11.0. The number of carbonyl (C=O) groups is 1. The van der Waals surface area contributed by atoms with E-state index in [0.29, 0.717) is 12.2 Å². The molecule has 2 rings (SSSR count). The number of rotatable bonds is 5. The lowest BCUT2D eigenvalue weighted by Gasteiger charge is -2.06. The number of nitrogens with zero attached hydrogens (tertiary/aromatic N) is 3. The van der Waals surface area contributed by atoms with Crippen LogP contribution in [0.5, 0.6) is 0 Å². The Morgan fingerprint density at radius 3 is 2.94 bits per heavy atom. The molecule has 0 aromatic carbocycles. The van der Waals surface area contributed by atoms with Crippen LogP contribution < -0.4 is 0 Å². The van der Waals surface area contributed by atoms with Gasteiger partial charge in [-0.05, 0) is 28.4 Å². The Kier molecular flexibility index (Phi) is 3.63. The van der Waals surface area contributed by atoms with Gasteiger partial charge in [0.2, 0.25) is 0 Å².